The smallest absolute Gasteiger partial charge is 0.350 e. The molecular formula is C13H10N4O7. The minimum atomic E-state index is -1.38. The van der Waals surface area contributed by atoms with Crippen LogP contribution < -0.4 is 5.32 Å². The number of nitro benzene ring substituents is 1. The van der Waals surface area contributed by atoms with Gasteiger partial charge in [-0.2, -0.15) is 0 Å². The average molecular weight is 334 g/mol. The Bertz CT molecular complexity index is 877. The van der Waals surface area contributed by atoms with Crippen molar-refractivity contribution >= 4 is 34.3 Å². The Kier molecular flexibility index (Phi) is 3.40. The van der Waals surface area contributed by atoms with Gasteiger partial charge in [0.2, 0.25) is 0 Å². The van der Waals surface area contributed by atoms with Crippen LogP contribution in [0, 0.1) is 10.1 Å². The summed E-state index contributed by atoms with van der Waals surface area (Å²) < 4.78 is 14.4. The van der Waals surface area contributed by atoms with Crippen molar-refractivity contribution < 1.29 is 28.6 Å². The lowest BCUT2D eigenvalue weighted by atomic mass is 10.2. The normalized spacial score (nSPS) is 16.5. The molecule has 0 unspecified atom stereocenters. The summed E-state index contributed by atoms with van der Waals surface area (Å²) in [5, 5.41) is 20.8. The summed E-state index contributed by atoms with van der Waals surface area (Å²) in [5.74, 6) is -3.22. The Hall–Kier alpha value is -3.50. The van der Waals surface area contributed by atoms with E-state index < -0.39 is 28.2 Å². The Morgan fingerprint density at radius 3 is 2.50 bits per heavy atom. The molecule has 0 bridgehead atoms. The van der Waals surface area contributed by atoms with E-state index in [1.54, 1.807) is 0 Å². The second-order valence-electron chi connectivity index (χ2n) is 5.23. The maximum Gasteiger partial charge on any atom is 0.350 e. The number of ether oxygens (including phenoxy) is 2. The van der Waals surface area contributed by atoms with Gasteiger partial charge in [-0.05, 0) is 16.4 Å². The van der Waals surface area contributed by atoms with Crippen LogP contribution in [-0.4, -0.2) is 33.0 Å². The molecule has 0 atom stereocenters. The van der Waals surface area contributed by atoms with Crippen LogP contribution >= 0.6 is 0 Å². The largest absolute Gasteiger partial charge is 0.419 e. The maximum atomic E-state index is 11.9. The van der Waals surface area contributed by atoms with E-state index in [0.717, 1.165) is 6.20 Å². The SMILES string of the molecule is CC1(C)OC(=O)C(=CNc2c([N+](=O)[O-])ccc3nonc23)C(=O)O1. The number of aromatic nitrogens is 2. The molecule has 124 valence electrons. The van der Waals surface area contributed by atoms with Gasteiger partial charge >= 0.3 is 11.9 Å². The molecular weight excluding hydrogens is 324 g/mol. The highest BCUT2D eigenvalue weighted by Crippen LogP contribution is 2.32. The van der Waals surface area contributed by atoms with Gasteiger partial charge in [-0.1, -0.05) is 0 Å². The van der Waals surface area contributed by atoms with Crippen LogP contribution in [0.25, 0.3) is 11.0 Å². The third-order valence-corrected chi connectivity index (χ3v) is 3.08. The summed E-state index contributed by atoms with van der Waals surface area (Å²) in [7, 11) is 0. The molecule has 2 heterocycles. The first-order chi connectivity index (χ1) is 11.3. The molecule has 1 aliphatic rings. The quantitative estimate of drug-likeness (QED) is 0.286. The van der Waals surface area contributed by atoms with Crippen LogP contribution in [0.2, 0.25) is 0 Å². The molecule has 1 fully saturated rings. The van der Waals surface area contributed by atoms with Gasteiger partial charge in [0.1, 0.15) is 11.2 Å². The maximum absolute atomic E-state index is 11.9. The van der Waals surface area contributed by atoms with Crippen molar-refractivity contribution in [2.75, 3.05) is 5.32 Å². The molecule has 0 spiro atoms. The van der Waals surface area contributed by atoms with Gasteiger partial charge in [0.15, 0.2) is 11.1 Å². The average Bonchev–Trinajstić information content (AvgIpc) is 2.93. The first-order valence-electron chi connectivity index (χ1n) is 6.61. The number of nitrogens with zero attached hydrogens (tertiary/aromatic N) is 3. The van der Waals surface area contributed by atoms with Crippen molar-refractivity contribution in [1.29, 1.82) is 0 Å². The Balaban J connectivity index is 2.00. The number of carbonyl (C=O) groups excluding carboxylic acids is 2. The lowest BCUT2D eigenvalue weighted by Gasteiger charge is -2.29. The second-order valence-corrected chi connectivity index (χ2v) is 5.23. The third-order valence-electron chi connectivity index (χ3n) is 3.08. The van der Waals surface area contributed by atoms with Crippen LogP contribution in [0.1, 0.15) is 13.8 Å². The number of rotatable bonds is 3. The first kappa shape index (κ1) is 15.4. The molecule has 0 aliphatic carbocycles. The standard InChI is InChI=1S/C13H10N4O7/c1-13(2)22-11(18)6(12(19)23-13)5-14-10-8(17(20)21)4-3-7-9(10)16-24-15-7/h3-5,14H,1-2H3. The third kappa shape index (κ3) is 2.62. The van der Waals surface area contributed by atoms with E-state index >= 15 is 0 Å². The molecule has 24 heavy (non-hydrogen) atoms. The molecule has 11 nitrogen and oxygen atoms in total. The van der Waals surface area contributed by atoms with Gasteiger partial charge < -0.3 is 14.8 Å². The summed E-state index contributed by atoms with van der Waals surface area (Å²) in [6.07, 6.45) is 0.955. The number of hydrogen-bond donors (Lipinski definition) is 1. The van der Waals surface area contributed by atoms with Crippen molar-refractivity contribution in [3.05, 3.63) is 34.0 Å². The zero-order valence-electron chi connectivity index (χ0n) is 12.4. The number of hydrogen-bond acceptors (Lipinski definition) is 10. The van der Waals surface area contributed by atoms with Gasteiger partial charge in [-0.25, -0.2) is 14.2 Å². The second kappa shape index (κ2) is 5.30. The fourth-order valence-corrected chi connectivity index (χ4v) is 2.06. The molecule has 1 aromatic heterocycles. The Morgan fingerprint density at radius 1 is 1.21 bits per heavy atom. The van der Waals surface area contributed by atoms with Gasteiger partial charge in [-0.15, -0.1) is 0 Å². The van der Waals surface area contributed by atoms with Crippen molar-refractivity contribution in [1.82, 2.24) is 10.3 Å². The fraction of sp³-hybridized carbons (Fsp3) is 0.231. The summed E-state index contributed by atoms with van der Waals surface area (Å²) in [5.41, 5.74) is -0.544. The molecule has 1 saturated heterocycles. The highest BCUT2D eigenvalue weighted by atomic mass is 16.7. The van der Waals surface area contributed by atoms with Crippen LogP contribution in [0.4, 0.5) is 11.4 Å². The van der Waals surface area contributed by atoms with Crippen LogP contribution in [0.15, 0.2) is 28.5 Å². The van der Waals surface area contributed by atoms with Crippen molar-refractivity contribution in [2.45, 2.75) is 19.6 Å². The predicted octanol–water partition coefficient (Wildman–Crippen LogP) is 1.26. The van der Waals surface area contributed by atoms with Crippen LogP contribution in [0.3, 0.4) is 0 Å². The molecule has 2 aromatic rings. The summed E-state index contributed by atoms with van der Waals surface area (Å²) in [6, 6.07) is 2.54. The van der Waals surface area contributed by atoms with E-state index in [2.05, 4.69) is 20.3 Å². The Morgan fingerprint density at radius 2 is 1.88 bits per heavy atom. The first-order valence-corrected chi connectivity index (χ1v) is 6.61. The lowest BCUT2D eigenvalue weighted by molar-refractivity contribution is -0.383. The number of benzene rings is 1. The number of esters is 2. The van der Waals surface area contributed by atoms with Crippen LogP contribution in [0.5, 0.6) is 0 Å². The van der Waals surface area contributed by atoms with Gasteiger partial charge in [0.25, 0.3) is 11.5 Å². The number of nitrogens with one attached hydrogen (secondary N) is 1. The highest BCUT2D eigenvalue weighted by Gasteiger charge is 2.39. The zero-order chi connectivity index (χ0) is 17.5. The summed E-state index contributed by atoms with van der Waals surface area (Å²) in [4.78, 5) is 34.2. The molecule has 11 heteroatoms. The molecule has 0 amide bonds. The van der Waals surface area contributed by atoms with E-state index in [1.165, 1.54) is 26.0 Å². The van der Waals surface area contributed by atoms with Crippen molar-refractivity contribution in [3.8, 4) is 0 Å². The minimum absolute atomic E-state index is 0.0684. The van der Waals surface area contributed by atoms with E-state index in [9.17, 15) is 19.7 Å². The molecule has 1 aromatic carbocycles. The number of anilines is 1. The van der Waals surface area contributed by atoms with Gasteiger partial charge in [0.05, 0.1) is 4.92 Å². The highest BCUT2D eigenvalue weighted by molar-refractivity contribution is 6.15. The summed E-state index contributed by atoms with van der Waals surface area (Å²) >= 11 is 0. The van der Waals surface area contributed by atoms with E-state index in [1.807, 2.05) is 0 Å². The predicted molar refractivity (Wildman–Crippen MR) is 76.4 cm³/mol. The Labute approximate surface area is 133 Å². The van der Waals surface area contributed by atoms with E-state index in [-0.39, 0.29) is 22.4 Å². The topological polar surface area (TPSA) is 147 Å². The molecule has 3 rings (SSSR count). The number of nitro groups is 1. The zero-order valence-corrected chi connectivity index (χ0v) is 12.4. The summed E-state index contributed by atoms with van der Waals surface area (Å²) in [6.45, 7) is 2.80. The molecule has 1 N–H and O–H groups in total. The van der Waals surface area contributed by atoms with Gasteiger partial charge in [0, 0.05) is 26.1 Å². The number of cyclic esters (lactones) is 2. The number of fused-ring (bicyclic) bond motifs is 1. The van der Waals surface area contributed by atoms with E-state index in [4.69, 9.17) is 9.47 Å². The van der Waals surface area contributed by atoms with E-state index in [0.29, 0.717) is 0 Å². The molecule has 0 saturated carbocycles. The van der Waals surface area contributed by atoms with Gasteiger partial charge in [-0.3, -0.25) is 10.1 Å². The van der Waals surface area contributed by atoms with Crippen molar-refractivity contribution in [2.24, 2.45) is 0 Å². The fourth-order valence-electron chi connectivity index (χ4n) is 2.06. The molecule has 0 radical (unpaired) electrons. The van der Waals surface area contributed by atoms with Crippen LogP contribution in [-0.2, 0) is 19.1 Å². The number of carbonyl (C=O) groups is 2. The minimum Gasteiger partial charge on any atom is -0.419 e. The van der Waals surface area contributed by atoms with Crippen molar-refractivity contribution in [3.63, 3.8) is 0 Å². The lowest BCUT2D eigenvalue weighted by Crippen LogP contribution is -2.42. The molecule has 1 aliphatic heterocycles. The monoisotopic (exact) mass is 334 g/mol.